The monoisotopic (exact) mass is 378 g/mol. The molecule has 3 aromatic carbocycles. The summed E-state index contributed by atoms with van der Waals surface area (Å²) >= 11 is 0. The lowest BCUT2D eigenvalue weighted by molar-refractivity contribution is -0.643. The van der Waals surface area contributed by atoms with Crippen molar-refractivity contribution in [1.82, 2.24) is 4.40 Å². The molecule has 0 N–H and O–H groups in total. The lowest BCUT2D eigenvalue weighted by atomic mass is 9.96. The molecule has 6 aromatic rings. The number of hydrogen-bond acceptors (Lipinski definition) is 1. The van der Waals surface area contributed by atoms with E-state index in [9.17, 15) is 9.65 Å². The predicted octanol–water partition coefficient (Wildman–Crippen LogP) is 5.44. The summed E-state index contributed by atoms with van der Waals surface area (Å²) in [4.78, 5) is 0. The molecular formula is C25H17FN3+. The van der Waals surface area contributed by atoms with Gasteiger partial charge in [-0.15, -0.1) is 0 Å². The minimum absolute atomic E-state index is 0.258. The third kappa shape index (κ3) is 1.83. The molecule has 0 aliphatic heterocycles. The molecule has 138 valence electrons. The molecule has 4 heteroatoms. The molecule has 0 aliphatic carbocycles. The van der Waals surface area contributed by atoms with Crippen LogP contribution in [-0.4, -0.2) is 4.40 Å². The largest absolute Gasteiger partial charge is 0.307 e. The molecule has 3 aromatic heterocycles. The van der Waals surface area contributed by atoms with E-state index in [1.54, 1.807) is 12.1 Å². The van der Waals surface area contributed by atoms with Gasteiger partial charge in [-0.2, -0.15) is 5.26 Å². The average molecular weight is 378 g/mol. The van der Waals surface area contributed by atoms with E-state index in [1.165, 1.54) is 11.1 Å². The van der Waals surface area contributed by atoms with Gasteiger partial charge in [0.25, 0.3) is 0 Å². The fraction of sp³-hybridized carbons (Fsp3) is 0.120. The summed E-state index contributed by atoms with van der Waals surface area (Å²) in [6.07, 6.45) is 1.99. The molecule has 0 bridgehead atoms. The minimum atomic E-state index is -0.258. The van der Waals surface area contributed by atoms with Crippen molar-refractivity contribution in [3.05, 3.63) is 71.2 Å². The zero-order valence-corrected chi connectivity index (χ0v) is 16.3. The molecule has 0 atom stereocenters. The molecule has 3 nitrogen and oxygen atoms in total. The van der Waals surface area contributed by atoms with Crippen LogP contribution in [0.15, 0.2) is 48.7 Å². The van der Waals surface area contributed by atoms with Gasteiger partial charge < -0.3 is 4.40 Å². The van der Waals surface area contributed by atoms with Gasteiger partial charge in [-0.05, 0) is 60.7 Å². The van der Waals surface area contributed by atoms with Crippen LogP contribution in [0.5, 0.6) is 0 Å². The molecule has 0 spiro atoms. The molecule has 0 unspecified atom stereocenters. The van der Waals surface area contributed by atoms with Crippen LogP contribution in [0.1, 0.15) is 16.7 Å². The summed E-state index contributed by atoms with van der Waals surface area (Å²) in [6, 6.07) is 15.5. The summed E-state index contributed by atoms with van der Waals surface area (Å²) in [5, 5.41) is 14.8. The number of fused-ring (bicyclic) bond motifs is 5. The van der Waals surface area contributed by atoms with Gasteiger partial charge in [0.2, 0.25) is 5.52 Å². The Morgan fingerprint density at radius 1 is 1.00 bits per heavy atom. The highest BCUT2D eigenvalue weighted by Crippen LogP contribution is 2.42. The summed E-state index contributed by atoms with van der Waals surface area (Å²) in [5.74, 6) is -0.258. The fourth-order valence-electron chi connectivity index (χ4n) is 5.01. The van der Waals surface area contributed by atoms with Crippen LogP contribution < -0.4 is 4.57 Å². The van der Waals surface area contributed by atoms with Crippen molar-refractivity contribution in [2.24, 2.45) is 7.05 Å². The third-order valence-electron chi connectivity index (χ3n) is 6.37. The Morgan fingerprint density at radius 3 is 2.62 bits per heavy atom. The summed E-state index contributed by atoms with van der Waals surface area (Å²) in [5.41, 5.74) is 6.94. The van der Waals surface area contributed by atoms with Crippen molar-refractivity contribution in [3.63, 3.8) is 0 Å². The molecule has 0 aliphatic rings. The number of rotatable bonds is 0. The van der Waals surface area contributed by atoms with E-state index in [2.05, 4.69) is 35.0 Å². The molecule has 0 saturated carbocycles. The Bertz CT molecular complexity index is 1700. The topological polar surface area (TPSA) is 32.1 Å². The number of aryl methyl sites for hydroxylation is 3. The summed E-state index contributed by atoms with van der Waals surface area (Å²) < 4.78 is 18.9. The van der Waals surface area contributed by atoms with E-state index in [0.29, 0.717) is 5.56 Å². The van der Waals surface area contributed by atoms with E-state index in [-0.39, 0.29) is 5.82 Å². The summed E-state index contributed by atoms with van der Waals surface area (Å²) in [7, 11) is 2.04. The first-order chi connectivity index (χ1) is 14.0. The predicted molar refractivity (Wildman–Crippen MR) is 114 cm³/mol. The first kappa shape index (κ1) is 16.3. The van der Waals surface area contributed by atoms with E-state index >= 15 is 0 Å². The second-order valence-corrected chi connectivity index (χ2v) is 7.90. The van der Waals surface area contributed by atoms with Crippen molar-refractivity contribution in [3.8, 4) is 6.07 Å². The van der Waals surface area contributed by atoms with E-state index in [4.69, 9.17) is 0 Å². The number of halogens is 1. The lowest BCUT2D eigenvalue weighted by Gasteiger charge is -2.14. The highest BCUT2D eigenvalue weighted by atomic mass is 19.1. The van der Waals surface area contributed by atoms with Gasteiger partial charge in [-0.3, -0.25) is 0 Å². The van der Waals surface area contributed by atoms with Crippen molar-refractivity contribution in [2.75, 3.05) is 0 Å². The number of hydrogen-bond donors (Lipinski definition) is 0. The SMILES string of the molecule is Cc1cc2c3c(C#N)cccc3n3c4cc(F)cc5cc[n+](C)c(c(c1C)c23)c54. The third-order valence-corrected chi connectivity index (χ3v) is 6.37. The molecule has 29 heavy (non-hydrogen) atoms. The zero-order valence-electron chi connectivity index (χ0n) is 16.3. The Kier molecular flexibility index (Phi) is 2.92. The normalized spacial score (nSPS) is 12.1. The molecule has 0 fully saturated rings. The van der Waals surface area contributed by atoms with Crippen LogP contribution in [0.25, 0.3) is 49.0 Å². The minimum Gasteiger partial charge on any atom is -0.307 e. The van der Waals surface area contributed by atoms with Crippen LogP contribution in [0.2, 0.25) is 0 Å². The Hall–Kier alpha value is -3.71. The van der Waals surface area contributed by atoms with Crippen molar-refractivity contribution in [1.29, 1.82) is 5.26 Å². The molecule has 0 saturated heterocycles. The molecular weight excluding hydrogens is 361 g/mol. The van der Waals surface area contributed by atoms with E-state index in [0.717, 1.165) is 49.0 Å². The van der Waals surface area contributed by atoms with Crippen LogP contribution in [0.4, 0.5) is 4.39 Å². The molecule has 0 amide bonds. The standard InChI is InChI=1S/C25H17FN3/c1-13-9-18-22-16(12-27)5-4-6-19(22)29-20-11-17(26)10-15-7-8-28(3)25(23(15)20)21(14(13)2)24(18)29/h4-11H,1-3H3/q+1. The smallest absolute Gasteiger partial charge is 0.224 e. The Balaban J connectivity index is 2.16. The quantitative estimate of drug-likeness (QED) is 0.197. The molecule has 6 rings (SSSR count). The van der Waals surface area contributed by atoms with Crippen molar-refractivity contribution < 1.29 is 8.96 Å². The maximum atomic E-state index is 14.6. The lowest BCUT2D eigenvalue weighted by Crippen LogP contribution is -2.29. The maximum Gasteiger partial charge on any atom is 0.224 e. The number of aromatic nitrogens is 2. The van der Waals surface area contributed by atoms with Crippen LogP contribution in [-0.2, 0) is 7.05 Å². The zero-order chi connectivity index (χ0) is 20.0. The van der Waals surface area contributed by atoms with E-state index < -0.39 is 0 Å². The van der Waals surface area contributed by atoms with Crippen LogP contribution in [0, 0.1) is 31.0 Å². The van der Waals surface area contributed by atoms with Gasteiger partial charge in [-0.1, -0.05) is 6.07 Å². The number of pyridine rings is 2. The number of nitrogens with zero attached hydrogens (tertiary/aromatic N) is 3. The number of benzene rings is 3. The van der Waals surface area contributed by atoms with Crippen LogP contribution in [0.3, 0.4) is 0 Å². The average Bonchev–Trinajstić information content (AvgIpc) is 3.04. The van der Waals surface area contributed by atoms with Crippen LogP contribution >= 0.6 is 0 Å². The van der Waals surface area contributed by atoms with Gasteiger partial charge in [0.15, 0.2) is 6.20 Å². The van der Waals surface area contributed by atoms with E-state index in [1.807, 2.05) is 37.5 Å². The first-order valence-electron chi connectivity index (χ1n) is 9.61. The van der Waals surface area contributed by atoms with Gasteiger partial charge in [-0.25, -0.2) is 8.96 Å². The van der Waals surface area contributed by atoms with Crippen molar-refractivity contribution in [2.45, 2.75) is 13.8 Å². The van der Waals surface area contributed by atoms with Gasteiger partial charge >= 0.3 is 0 Å². The molecule has 3 heterocycles. The first-order valence-corrected chi connectivity index (χ1v) is 9.61. The maximum absolute atomic E-state index is 14.6. The van der Waals surface area contributed by atoms with Gasteiger partial charge in [0, 0.05) is 16.8 Å². The second-order valence-electron chi connectivity index (χ2n) is 7.90. The second kappa shape index (κ2) is 5.21. The number of nitriles is 1. The van der Waals surface area contributed by atoms with Gasteiger partial charge in [0.1, 0.15) is 12.9 Å². The summed E-state index contributed by atoms with van der Waals surface area (Å²) in [6.45, 7) is 4.26. The molecule has 0 radical (unpaired) electrons. The highest BCUT2D eigenvalue weighted by molar-refractivity contribution is 6.26. The Labute approximate surface area is 166 Å². The van der Waals surface area contributed by atoms with Gasteiger partial charge in [0.05, 0.1) is 39.0 Å². The highest BCUT2D eigenvalue weighted by Gasteiger charge is 2.25. The van der Waals surface area contributed by atoms with Crippen molar-refractivity contribution >= 4 is 49.0 Å². The Morgan fingerprint density at radius 2 is 1.83 bits per heavy atom. The fourth-order valence-corrected chi connectivity index (χ4v) is 5.01.